The fraction of sp³-hybridized carbons (Fsp3) is 0.286. The minimum absolute atomic E-state index is 0.0859. The first-order valence-corrected chi connectivity index (χ1v) is 7.04. The monoisotopic (exact) mass is 337 g/mol. The van der Waals surface area contributed by atoms with Gasteiger partial charge in [0.25, 0.3) is 0 Å². The Morgan fingerprint density at radius 3 is 2.85 bits per heavy atom. The molecule has 0 saturated heterocycles. The Hall–Kier alpha value is -1.82. The summed E-state index contributed by atoms with van der Waals surface area (Å²) in [7, 11) is 0. The number of ketones is 1. The number of carbonyl (C=O) groups is 1. The average Bonchev–Trinajstić information content (AvgIpc) is 2.84. The van der Waals surface area contributed by atoms with Crippen LogP contribution in [0, 0.1) is 0 Å². The van der Waals surface area contributed by atoms with Gasteiger partial charge in [-0.1, -0.05) is 15.9 Å². The highest BCUT2D eigenvalue weighted by atomic mass is 79.9. The van der Waals surface area contributed by atoms with Crippen LogP contribution in [0.1, 0.15) is 29.8 Å². The summed E-state index contributed by atoms with van der Waals surface area (Å²) >= 11 is 3.32. The van der Waals surface area contributed by atoms with Crippen molar-refractivity contribution in [3.05, 3.63) is 40.1 Å². The summed E-state index contributed by atoms with van der Waals surface area (Å²) in [6.45, 7) is 4.63. The molecule has 0 amide bonds. The summed E-state index contributed by atoms with van der Waals surface area (Å²) < 4.78 is 8.28. The molecule has 1 aromatic heterocycles. The third-order valence-corrected chi connectivity index (χ3v) is 3.31. The standard InChI is InChI=1S/C14H16BrN3O2/c1-3-18-7-10(6-17-18)8-20-14-12(9(2)19)4-11(15)5-13(14)16/h4-7H,3,8,16H2,1-2H3. The Morgan fingerprint density at radius 2 is 2.25 bits per heavy atom. The highest BCUT2D eigenvalue weighted by Gasteiger charge is 2.14. The van der Waals surface area contributed by atoms with Crippen LogP contribution in [-0.4, -0.2) is 15.6 Å². The van der Waals surface area contributed by atoms with Crippen LogP contribution in [-0.2, 0) is 13.2 Å². The molecule has 0 saturated carbocycles. The molecule has 2 N–H and O–H groups in total. The zero-order chi connectivity index (χ0) is 14.7. The second-order valence-electron chi connectivity index (χ2n) is 4.42. The van der Waals surface area contributed by atoms with Crippen molar-refractivity contribution in [2.24, 2.45) is 0 Å². The SMILES string of the molecule is CCn1cc(COc2c(N)cc(Br)cc2C(C)=O)cn1. The molecule has 0 aliphatic carbocycles. The molecule has 6 heteroatoms. The number of hydrogen-bond donors (Lipinski definition) is 1. The van der Waals surface area contributed by atoms with Crippen LogP contribution in [0.2, 0.25) is 0 Å². The molecule has 0 unspecified atom stereocenters. The molecule has 0 radical (unpaired) electrons. The normalized spacial score (nSPS) is 10.6. The van der Waals surface area contributed by atoms with Gasteiger partial charge in [0, 0.05) is 22.8 Å². The average molecular weight is 338 g/mol. The number of hydrogen-bond acceptors (Lipinski definition) is 4. The first kappa shape index (κ1) is 14.6. The van der Waals surface area contributed by atoms with Gasteiger partial charge >= 0.3 is 0 Å². The number of ether oxygens (including phenoxy) is 1. The number of rotatable bonds is 5. The Bertz CT molecular complexity index is 637. The Morgan fingerprint density at radius 1 is 1.50 bits per heavy atom. The van der Waals surface area contributed by atoms with Crippen molar-refractivity contribution in [1.29, 1.82) is 0 Å². The molecular formula is C14H16BrN3O2. The maximum Gasteiger partial charge on any atom is 0.163 e. The molecule has 1 aromatic carbocycles. The van der Waals surface area contributed by atoms with Crippen molar-refractivity contribution in [1.82, 2.24) is 9.78 Å². The van der Waals surface area contributed by atoms with E-state index in [-0.39, 0.29) is 5.78 Å². The van der Waals surface area contributed by atoms with Crippen molar-refractivity contribution in [3.8, 4) is 5.75 Å². The molecule has 20 heavy (non-hydrogen) atoms. The number of nitrogen functional groups attached to an aromatic ring is 1. The molecule has 0 atom stereocenters. The van der Waals surface area contributed by atoms with Crippen LogP contribution >= 0.6 is 15.9 Å². The van der Waals surface area contributed by atoms with Crippen LogP contribution in [0.25, 0.3) is 0 Å². The maximum absolute atomic E-state index is 11.7. The molecular weight excluding hydrogens is 322 g/mol. The van der Waals surface area contributed by atoms with Crippen molar-refractivity contribution in [3.63, 3.8) is 0 Å². The van der Waals surface area contributed by atoms with E-state index in [1.165, 1.54) is 6.92 Å². The lowest BCUT2D eigenvalue weighted by Gasteiger charge is -2.12. The summed E-state index contributed by atoms with van der Waals surface area (Å²) in [6.07, 6.45) is 3.65. The van der Waals surface area contributed by atoms with Crippen LogP contribution in [0.5, 0.6) is 5.75 Å². The highest BCUT2D eigenvalue weighted by Crippen LogP contribution is 2.31. The fourth-order valence-corrected chi connectivity index (χ4v) is 2.32. The van der Waals surface area contributed by atoms with Gasteiger partial charge in [-0.15, -0.1) is 0 Å². The van der Waals surface area contributed by atoms with Crippen molar-refractivity contribution < 1.29 is 9.53 Å². The third-order valence-electron chi connectivity index (χ3n) is 2.86. The number of aryl methyl sites for hydroxylation is 1. The van der Waals surface area contributed by atoms with E-state index in [4.69, 9.17) is 10.5 Å². The molecule has 0 aliphatic heterocycles. The molecule has 1 heterocycles. The van der Waals surface area contributed by atoms with E-state index < -0.39 is 0 Å². The number of halogens is 1. The summed E-state index contributed by atoms with van der Waals surface area (Å²) in [5, 5.41) is 4.17. The Labute approximate surface area is 125 Å². The molecule has 0 bridgehead atoms. The summed E-state index contributed by atoms with van der Waals surface area (Å²) in [5.74, 6) is 0.335. The molecule has 5 nitrogen and oxygen atoms in total. The third kappa shape index (κ3) is 3.19. The molecule has 2 rings (SSSR count). The minimum Gasteiger partial charge on any atom is -0.486 e. The van der Waals surface area contributed by atoms with E-state index in [9.17, 15) is 4.79 Å². The summed E-state index contributed by atoms with van der Waals surface area (Å²) in [4.78, 5) is 11.7. The number of nitrogens with two attached hydrogens (primary N) is 1. The van der Waals surface area contributed by atoms with Crippen LogP contribution in [0.15, 0.2) is 29.0 Å². The number of carbonyl (C=O) groups excluding carboxylic acids is 1. The topological polar surface area (TPSA) is 70.1 Å². The van der Waals surface area contributed by atoms with Crippen LogP contribution in [0.4, 0.5) is 5.69 Å². The molecule has 106 valence electrons. The Balaban J connectivity index is 2.22. The predicted molar refractivity (Wildman–Crippen MR) is 80.8 cm³/mol. The second-order valence-corrected chi connectivity index (χ2v) is 5.34. The van der Waals surface area contributed by atoms with Gasteiger partial charge in [-0.2, -0.15) is 5.10 Å². The first-order chi connectivity index (χ1) is 9.51. The van der Waals surface area contributed by atoms with Gasteiger partial charge in [0.2, 0.25) is 0 Å². The smallest absolute Gasteiger partial charge is 0.163 e. The lowest BCUT2D eigenvalue weighted by Crippen LogP contribution is -2.05. The van der Waals surface area contributed by atoms with E-state index in [0.717, 1.165) is 16.6 Å². The minimum atomic E-state index is -0.0859. The highest BCUT2D eigenvalue weighted by molar-refractivity contribution is 9.10. The second kappa shape index (κ2) is 6.09. The maximum atomic E-state index is 11.7. The van der Waals surface area contributed by atoms with E-state index in [0.29, 0.717) is 23.6 Å². The number of Topliss-reactive ketones (excluding diaryl/α,β-unsaturated/α-hetero) is 1. The summed E-state index contributed by atoms with van der Waals surface area (Å²) in [6, 6.07) is 3.43. The van der Waals surface area contributed by atoms with Crippen molar-refractivity contribution >= 4 is 27.4 Å². The zero-order valence-corrected chi connectivity index (χ0v) is 13.0. The Kier molecular flexibility index (Phi) is 4.44. The number of anilines is 1. The van der Waals surface area contributed by atoms with E-state index in [1.54, 1.807) is 18.3 Å². The zero-order valence-electron chi connectivity index (χ0n) is 11.4. The molecule has 0 fully saturated rings. The number of aromatic nitrogens is 2. The fourth-order valence-electron chi connectivity index (χ4n) is 1.85. The van der Waals surface area contributed by atoms with E-state index in [1.807, 2.05) is 17.8 Å². The first-order valence-electron chi connectivity index (χ1n) is 6.25. The predicted octanol–water partition coefficient (Wildman–Crippen LogP) is 3.03. The number of nitrogens with zero attached hydrogens (tertiary/aromatic N) is 2. The van der Waals surface area contributed by atoms with E-state index >= 15 is 0 Å². The van der Waals surface area contributed by atoms with Crippen molar-refractivity contribution in [2.75, 3.05) is 5.73 Å². The van der Waals surface area contributed by atoms with Crippen molar-refractivity contribution in [2.45, 2.75) is 27.0 Å². The van der Waals surface area contributed by atoms with Crippen LogP contribution in [0.3, 0.4) is 0 Å². The quantitative estimate of drug-likeness (QED) is 0.672. The summed E-state index contributed by atoms with van der Waals surface area (Å²) in [5.41, 5.74) is 7.77. The van der Waals surface area contributed by atoms with Gasteiger partial charge in [-0.05, 0) is 26.0 Å². The molecule has 0 aliphatic rings. The lowest BCUT2D eigenvalue weighted by atomic mass is 10.1. The van der Waals surface area contributed by atoms with Crippen LogP contribution < -0.4 is 10.5 Å². The van der Waals surface area contributed by atoms with Gasteiger partial charge in [-0.3, -0.25) is 9.48 Å². The molecule has 2 aromatic rings. The van der Waals surface area contributed by atoms with Gasteiger partial charge in [0.05, 0.1) is 17.4 Å². The number of benzene rings is 1. The van der Waals surface area contributed by atoms with Gasteiger partial charge in [0.15, 0.2) is 11.5 Å². The van der Waals surface area contributed by atoms with Gasteiger partial charge < -0.3 is 10.5 Å². The largest absolute Gasteiger partial charge is 0.486 e. The molecule has 0 spiro atoms. The van der Waals surface area contributed by atoms with E-state index in [2.05, 4.69) is 21.0 Å². The van der Waals surface area contributed by atoms with Gasteiger partial charge in [-0.25, -0.2) is 0 Å². The lowest BCUT2D eigenvalue weighted by molar-refractivity contribution is 0.101. The van der Waals surface area contributed by atoms with Gasteiger partial charge in [0.1, 0.15) is 6.61 Å².